The summed E-state index contributed by atoms with van der Waals surface area (Å²) >= 11 is 0. The molecule has 0 radical (unpaired) electrons. The van der Waals surface area contributed by atoms with Gasteiger partial charge in [-0.1, -0.05) is 18.2 Å². The topological polar surface area (TPSA) is 76.8 Å². The van der Waals surface area contributed by atoms with Crippen molar-refractivity contribution in [3.63, 3.8) is 0 Å². The minimum absolute atomic E-state index is 0.0527. The van der Waals surface area contributed by atoms with Crippen LogP contribution >= 0.6 is 0 Å². The van der Waals surface area contributed by atoms with Gasteiger partial charge in [-0.15, -0.1) is 0 Å². The molecule has 0 amide bonds. The van der Waals surface area contributed by atoms with Crippen LogP contribution in [0.4, 0.5) is 0 Å². The van der Waals surface area contributed by atoms with E-state index in [4.69, 9.17) is 14.5 Å². The molecule has 3 aromatic rings. The lowest BCUT2D eigenvalue weighted by molar-refractivity contribution is 0.0150. The van der Waals surface area contributed by atoms with Gasteiger partial charge in [0.25, 0.3) is 0 Å². The number of aliphatic hydroxyl groups is 1. The van der Waals surface area contributed by atoms with Crippen LogP contribution in [0.5, 0.6) is 5.75 Å². The highest BCUT2D eigenvalue weighted by atomic mass is 16.5. The number of carbonyl (C=O) groups is 1. The van der Waals surface area contributed by atoms with E-state index in [0.29, 0.717) is 23.8 Å². The third-order valence-corrected chi connectivity index (χ3v) is 7.50. The van der Waals surface area contributed by atoms with Crippen LogP contribution in [0, 0.1) is 6.92 Å². The molecular formula is C30H35N3O4. The third-order valence-electron chi connectivity index (χ3n) is 7.50. The van der Waals surface area contributed by atoms with Crippen molar-refractivity contribution in [3.8, 4) is 11.4 Å². The zero-order chi connectivity index (χ0) is 25.8. The molecular weight excluding hydrogens is 466 g/mol. The molecule has 1 aliphatic heterocycles. The SMILES string of the molecule is COc1cc(-n2ccc(C(=O)Cc3cnc(C4=CCC(N5CCOCC5)CC4)c(C)c3)c2)ccc1CO. The van der Waals surface area contributed by atoms with Crippen LogP contribution in [-0.4, -0.2) is 64.8 Å². The second kappa shape index (κ2) is 11.4. The Labute approximate surface area is 218 Å². The number of benzene rings is 1. The van der Waals surface area contributed by atoms with Gasteiger partial charge in [0, 0.05) is 67.0 Å². The Bertz CT molecular complexity index is 1290. The Morgan fingerprint density at radius 1 is 1.22 bits per heavy atom. The summed E-state index contributed by atoms with van der Waals surface area (Å²) in [5.41, 5.74) is 6.66. The number of aromatic nitrogens is 2. The maximum Gasteiger partial charge on any atom is 0.168 e. The molecule has 3 heterocycles. The summed E-state index contributed by atoms with van der Waals surface area (Å²) in [6.45, 7) is 5.74. The van der Waals surface area contributed by atoms with Gasteiger partial charge in [0.15, 0.2) is 5.78 Å². The van der Waals surface area contributed by atoms with Gasteiger partial charge < -0.3 is 19.1 Å². The Morgan fingerprint density at radius 3 is 2.76 bits per heavy atom. The number of nitrogens with zero attached hydrogens (tertiary/aromatic N) is 3. The number of morpholine rings is 1. The lowest BCUT2D eigenvalue weighted by Crippen LogP contribution is -2.43. The number of ether oxygens (including phenoxy) is 2. The summed E-state index contributed by atoms with van der Waals surface area (Å²) in [5, 5.41) is 9.45. The Kier molecular flexibility index (Phi) is 7.84. The summed E-state index contributed by atoms with van der Waals surface area (Å²) in [6, 6.07) is 10.1. The average Bonchev–Trinajstić information content (AvgIpc) is 3.44. The van der Waals surface area contributed by atoms with E-state index < -0.39 is 0 Å². The Balaban J connectivity index is 1.24. The second-order valence-corrected chi connectivity index (χ2v) is 9.88. The molecule has 1 N–H and O–H groups in total. The molecule has 7 heteroatoms. The van der Waals surface area contributed by atoms with Crippen molar-refractivity contribution in [3.05, 3.63) is 82.9 Å². The molecule has 5 rings (SSSR count). The number of rotatable bonds is 8. The standard InChI is InChI=1S/C30H35N3O4/c1-21-15-22(18-31-30(21)23-3-6-26(7-4-23)32-11-13-37-14-12-32)16-28(35)24-9-10-33(19-24)27-8-5-25(20-34)29(17-27)36-2/h3,5,8-10,15,17-19,26,34H,4,6-7,11-14,16,20H2,1-2H3. The fourth-order valence-electron chi connectivity index (χ4n) is 5.41. The van der Waals surface area contributed by atoms with Gasteiger partial charge in [-0.05, 0) is 55.0 Å². The molecule has 0 spiro atoms. The predicted octanol–water partition coefficient (Wildman–Crippen LogP) is 4.38. The minimum atomic E-state index is -0.0860. The number of carbonyl (C=O) groups excluding carboxylic acids is 1. The van der Waals surface area contributed by atoms with Crippen LogP contribution in [0.2, 0.25) is 0 Å². The number of aliphatic hydroxyl groups excluding tert-OH is 1. The zero-order valence-corrected chi connectivity index (χ0v) is 21.7. The number of allylic oxidation sites excluding steroid dienone is 1. The van der Waals surface area contributed by atoms with Crippen LogP contribution in [0.1, 0.15) is 52.0 Å². The molecule has 1 saturated heterocycles. The van der Waals surface area contributed by atoms with Crippen LogP contribution in [0.15, 0.2) is 55.0 Å². The summed E-state index contributed by atoms with van der Waals surface area (Å²) in [7, 11) is 1.58. The van der Waals surface area contributed by atoms with Crippen LogP contribution in [0.25, 0.3) is 11.3 Å². The first kappa shape index (κ1) is 25.4. The maximum atomic E-state index is 13.0. The molecule has 37 heavy (non-hydrogen) atoms. The largest absolute Gasteiger partial charge is 0.496 e. The molecule has 1 aromatic carbocycles. The van der Waals surface area contributed by atoms with Crippen LogP contribution < -0.4 is 4.74 Å². The molecule has 1 unspecified atom stereocenters. The van der Waals surface area contributed by atoms with Crippen molar-refractivity contribution < 1.29 is 19.4 Å². The van der Waals surface area contributed by atoms with Gasteiger partial charge in [0.2, 0.25) is 0 Å². The number of methoxy groups -OCH3 is 1. The van der Waals surface area contributed by atoms with Gasteiger partial charge in [0.1, 0.15) is 5.75 Å². The van der Waals surface area contributed by atoms with Gasteiger partial charge in [-0.2, -0.15) is 0 Å². The van der Waals surface area contributed by atoms with Crippen molar-refractivity contribution in [1.82, 2.24) is 14.5 Å². The number of ketones is 1. The molecule has 194 valence electrons. The number of hydrogen-bond donors (Lipinski definition) is 1. The number of Topliss-reactive ketones (excluding diaryl/α,β-unsaturated/α-hetero) is 1. The molecule has 2 aliphatic rings. The summed E-state index contributed by atoms with van der Waals surface area (Å²) < 4.78 is 12.8. The summed E-state index contributed by atoms with van der Waals surface area (Å²) in [4.78, 5) is 20.4. The fourth-order valence-corrected chi connectivity index (χ4v) is 5.41. The van der Waals surface area contributed by atoms with Crippen molar-refractivity contribution in [2.24, 2.45) is 0 Å². The first-order chi connectivity index (χ1) is 18.1. The first-order valence-corrected chi connectivity index (χ1v) is 13.0. The first-order valence-electron chi connectivity index (χ1n) is 13.0. The van der Waals surface area contributed by atoms with E-state index in [0.717, 1.165) is 73.6 Å². The average molecular weight is 502 g/mol. The highest BCUT2D eigenvalue weighted by Gasteiger charge is 2.24. The summed E-state index contributed by atoms with van der Waals surface area (Å²) in [6.07, 6.45) is 11.5. The normalized spacial score (nSPS) is 18.5. The summed E-state index contributed by atoms with van der Waals surface area (Å²) in [5.74, 6) is 0.671. The van der Waals surface area contributed by atoms with E-state index in [9.17, 15) is 9.90 Å². The fraction of sp³-hybridized carbons (Fsp3) is 0.400. The minimum Gasteiger partial charge on any atom is -0.496 e. The van der Waals surface area contributed by atoms with E-state index in [2.05, 4.69) is 24.0 Å². The van der Waals surface area contributed by atoms with Crippen LogP contribution in [0.3, 0.4) is 0 Å². The third kappa shape index (κ3) is 5.69. The van der Waals surface area contributed by atoms with Crippen molar-refractivity contribution >= 4 is 11.4 Å². The lowest BCUT2D eigenvalue weighted by atomic mass is 9.90. The zero-order valence-electron chi connectivity index (χ0n) is 21.7. The van der Waals surface area contributed by atoms with Gasteiger partial charge in [-0.25, -0.2) is 0 Å². The second-order valence-electron chi connectivity index (χ2n) is 9.88. The highest BCUT2D eigenvalue weighted by molar-refractivity contribution is 5.97. The maximum absolute atomic E-state index is 13.0. The van der Waals surface area contributed by atoms with Crippen LogP contribution in [-0.2, 0) is 17.8 Å². The number of hydrogen-bond acceptors (Lipinski definition) is 6. The van der Waals surface area contributed by atoms with E-state index in [1.54, 1.807) is 7.11 Å². The predicted molar refractivity (Wildman–Crippen MR) is 143 cm³/mol. The van der Waals surface area contributed by atoms with Gasteiger partial charge >= 0.3 is 0 Å². The lowest BCUT2D eigenvalue weighted by Gasteiger charge is -2.36. The van der Waals surface area contributed by atoms with E-state index >= 15 is 0 Å². The van der Waals surface area contributed by atoms with E-state index in [-0.39, 0.29) is 12.4 Å². The molecule has 1 aliphatic carbocycles. The Hall–Kier alpha value is -3.26. The number of aryl methyl sites for hydroxylation is 1. The van der Waals surface area contributed by atoms with E-state index in [1.165, 1.54) is 5.57 Å². The molecule has 2 aromatic heterocycles. The monoisotopic (exact) mass is 501 g/mol. The van der Waals surface area contributed by atoms with Crippen molar-refractivity contribution in [1.29, 1.82) is 0 Å². The molecule has 1 atom stereocenters. The quantitative estimate of drug-likeness (QED) is 0.462. The molecule has 0 bridgehead atoms. The molecule has 0 saturated carbocycles. The smallest absolute Gasteiger partial charge is 0.168 e. The number of pyridine rings is 1. The van der Waals surface area contributed by atoms with Crippen molar-refractivity contribution in [2.75, 3.05) is 33.4 Å². The Morgan fingerprint density at radius 2 is 2.05 bits per heavy atom. The van der Waals surface area contributed by atoms with Gasteiger partial charge in [0.05, 0.1) is 32.6 Å². The van der Waals surface area contributed by atoms with Gasteiger partial charge in [-0.3, -0.25) is 14.7 Å². The van der Waals surface area contributed by atoms with Crippen molar-refractivity contribution in [2.45, 2.75) is 45.3 Å². The highest BCUT2D eigenvalue weighted by Crippen LogP contribution is 2.31. The van der Waals surface area contributed by atoms with E-state index in [1.807, 2.05) is 47.4 Å². The molecule has 1 fully saturated rings. The molecule has 7 nitrogen and oxygen atoms in total.